The van der Waals surface area contributed by atoms with Gasteiger partial charge in [0, 0.05) is 38.1 Å². The van der Waals surface area contributed by atoms with Gasteiger partial charge in [0.05, 0.1) is 12.5 Å². The standard InChI is InChI=1S/C19H23N3O/c1-22(13-2-12-20)19-9-5-17(6-10-19)15-21-18-7-3-16(4-8-18)11-14-23/h3-10,21,23H,2,11,13-15H2,1H3. The van der Waals surface area contributed by atoms with Crippen molar-refractivity contribution in [2.75, 3.05) is 30.4 Å². The third-order valence-corrected chi connectivity index (χ3v) is 3.79. The maximum absolute atomic E-state index is 8.92. The smallest absolute Gasteiger partial charge is 0.0640 e. The summed E-state index contributed by atoms with van der Waals surface area (Å²) in [4.78, 5) is 2.08. The highest BCUT2D eigenvalue weighted by molar-refractivity contribution is 5.49. The van der Waals surface area contributed by atoms with E-state index in [-0.39, 0.29) is 6.61 Å². The van der Waals surface area contributed by atoms with E-state index < -0.39 is 0 Å². The lowest BCUT2D eigenvalue weighted by Gasteiger charge is -2.18. The number of nitrogens with zero attached hydrogens (tertiary/aromatic N) is 2. The quantitative estimate of drug-likeness (QED) is 0.786. The minimum atomic E-state index is 0.182. The molecule has 0 spiro atoms. The summed E-state index contributed by atoms with van der Waals surface area (Å²) in [5.74, 6) is 0. The molecule has 120 valence electrons. The fraction of sp³-hybridized carbons (Fsp3) is 0.316. The molecule has 0 atom stereocenters. The van der Waals surface area contributed by atoms with E-state index in [1.807, 2.05) is 31.3 Å². The Kier molecular flexibility index (Phi) is 6.46. The summed E-state index contributed by atoms with van der Waals surface area (Å²) in [5, 5.41) is 20.9. The van der Waals surface area contributed by atoms with E-state index in [1.54, 1.807) is 0 Å². The van der Waals surface area contributed by atoms with Crippen LogP contribution in [0.25, 0.3) is 0 Å². The molecule has 0 saturated carbocycles. The van der Waals surface area contributed by atoms with Crippen LogP contribution in [0.5, 0.6) is 0 Å². The van der Waals surface area contributed by atoms with Gasteiger partial charge in [0.2, 0.25) is 0 Å². The van der Waals surface area contributed by atoms with Gasteiger partial charge in [-0.2, -0.15) is 5.26 Å². The van der Waals surface area contributed by atoms with Crippen LogP contribution in [0.3, 0.4) is 0 Å². The Bertz CT molecular complexity index is 629. The van der Waals surface area contributed by atoms with E-state index >= 15 is 0 Å². The van der Waals surface area contributed by atoms with Gasteiger partial charge in [-0.3, -0.25) is 0 Å². The average molecular weight is 309 g/mol. The van der Waals surface area contributed by atoms with E-state index in [2.05, 4.69) is 40.6 Å². The highest BCUT2D eigenvalue weighted by Gasteiger charge is 2.01. The summed E-state index contributed by atoms with van der Waals surface area (Å²) in [6.45, 7) is 1.69. The molecule has 0 aliphatic rings. The fourth-order valence-corrected chi connectivity index (χ4v) is 2.34. The third-order valence-electron chi connectivity index (χ3n) is 3.79. The first-order valence-corrected chi connectivity index (χ1v) is 7.83. The van der Waals surface area contributed by atoms with E-state index in [9.17, 15) is 0 Å². The van der Waals surface area contributed by atoms with Crippen molar-refractivity contribution in [1.82, 2.24) is 0 Å². The second kappa shape index (κ2) is 8.82. The monoisotopic (exact) mass is 309 g/mol. The Hall–Kier alpha value is -2.51. The Balaban J connectivity index is 1.87. The van der Waals surface area contributed by atoms with Crippen molar-refractivity contribution in [2.24, 2.45) is 0 Å². The first-order chi connectivity index (χ1) is 11.2. The van der Waals surface area contributed by atoms with Crippen molar-refractivity contribution in [3.8, 4) is 6.07 Å². The number of benzene rings is 2. The number of hydrogen-bond acceptors (Lipinski definition) is 4. The van der Waals surface area contributed by atoms with Crippen LogP contribution in [0.4, 0.5) is 11.4 Å². The first kappa shape index (κ1) is 16.9. The van der Waals surface area contributed by atoms with Gasteiger partial charge in [-0.25, -0.2) is 0 Å². The first-order valence-electron chi connectivity index (χ1n) is 7.83. The van der Waals surface area contributed by atoms with Crippen LogP contribution in [0.1, 0.15) is 17.5 Å². The summed E-state index contributed by atoms with van der Waals surface area (Å²) in [7, 11) is 2.00. The number of aliphatic hydroxyl groups is 1. The molecule has 23 heavy (non-hydrogen) atoms. The predicted octanol–water partition coefficient (Wildman–Crippen LogP) is 3.18. The second-order valence-electron chi connectivity index (χ2n) is 5.52. The second-order valence-corrected chi connectivity index (χ2v) is 5.52. The Morgan fingerprint density at radius 1 is 1.04 bits per heavy atom. The minimum Gasteiger partial charge on any atom is -0.396 e. The lowest BCUT2D eigenvalue weighted by atomic mass is 10.1. The molecule has 0 aliphatic heterocycles. The molecule has 0 heterocycles. The normalized spacial score (nSPS) is 10.1. The van der Waals surface area contributed by atoms with E-state index in [4.69, 9.17) is 10.4 Å². The lowest BCUT2D eigenvalue weighted by Crippen LogP contribution is -2.17. The predicted molar refractivity (Wildman–Crippen MR) is 94.5 cm³/mol. The van der Waals surface area contributed by atoms with E-state index in [1.165, 1.54) is 5.56 Å². The van der Waals surface area contributed by atoms with Gasteiger partial charge >= 0.3 is 0 Å². The van der Waals surface area contributed by atoms with Crippen molar-refractivity contribution >= 4 is 11.4 Å². The van der Waals surface area contributed by atoms with Gasteiger partial charge in [-0.15, -0.1) is 0 Å². The van der Waals surface area contributed by atoms with Crippen LogP contribution in [0, 0.1) is 11.3 Å². The number of nitriles is 1. The SMILES string of the molecule is CN(CCC#N)c1ccc(CNc2ccc(CCO)cc2)cc1. The molecule has 2 aromatic carbocycles. The molecule has 4 nitrogen and oxygen atoms in total. The van der Waals surface area contributed by atoms with E-state index in [0.29, 0.717) is 12.8 Å². The van der Waals surface area contributed by atoms with Crippen molar-refractivity contribution in [1.29, 1.82) is 5.26 Å². The summed E-state index contributed by atoms with van der Waals surface area (Å²) in [5.41, 5.74) is 4.55. The topological polar surface area (TPSA) is 59.3 Å². The maximum Gasteiger partial charge on any atom is 0.0640 e. The Morgan fingerprint density at radius 2 is 1.70 bits per heavy atom. The lowest BCUT2D eigenvalue weighted by molar-refractivity contribution is 0.299. The highest BCUT2D eigenvalue weighted by atomic mass is 16.2. The Labute approximate surface area is 138 Å². The number of hydrogen-bond donors (Lipinski definition) is 2. The van der Waals surface area contributed by atoms with Crippen LogP contribution >= 0.6 is 0 Å². The summed E-state index contributed by atoms with van der Waals surface area (Å²) >= 11 is 0. The van der Waals surface area contributed by atoms with Gasteiger partial charge in [0.1, 0.15) is 0 Å². The van der Waals surface area contributed by atoms with Gasteiger partial charge < -0.3 is 15.3 Å². The molecule has 0 aliphatic carbocycles. The van der Waals surface area contributed by atoms with Crippen molar-refractivity contribution in [3.63, 3.8) is 0 Å². The molecule has 0 aromatic heterocycles. The molecular formula is C19H23N3O. The summed E-state index contributed by atoms with van der Waals surface area (Å²) < 4.78 is 0. The number of aliphatic hydroxyl groups excluding tert-OH is 1. The zero-order valence-corrected chi connectivity index (χ0v) is 13.5. The van der Waals surface area contributed by atoms with Gasteiger partial charge in [-0.05, 0) is 41.8 Å². The van der Waals surface area contributed by atoms with Crippen LogP contribution in [0.15, 0.2) is 48.5 Å². The van der Waals surface area contributed by atoms with Gasteiger partial charge in [-0.1, -0.05) is 24.3 Å². The van der Waals surface area contributed by atoms with Crippen LogP contribution in [-0.2, 0) is 13.0 Å². The van der Waals surface area contributed by atoms with Crippen LogP contribution in [0.2, 0.25) is 0 Å². The fourth-order valence-electron chi connectivity index (χ4n) is 2.34. The van der Waals surface area contributed by atoms with Crippen LogP contribution in [-0.4, -0.2) is 25.3 Å². The van der Waals surface area contributed by atoms with Crippen molar-refractivity contribution in [2.45, 2.75) is 19.4 Å². The third kappa shape index (κ3) is 5.32. The molecule has 0 unspecified atom stereocenters. The van der Waals surface area contributed by atoms with Gasteiger partial charge in [0.15, 0.2) is 0 Å². The van der Waals surface area contributed by atoms with Crippen LogP contribution < -0.4 is 10.2 Å². The van der Waals surface area contributed by atoms with Crippen molar-refractivity contribution < 1.29 is 5.11 Å². The summed E-state index contributed by atoms with van der Waals surface area (Å²) in [6.07, 6.45) is 1.23. The molecule has 0 bridgehead atoms. The molecule has 2 aromatic rings. The van der Waals surface area contributed by atoms with Crippen molar-refractivity contribution in [3.05, 3.63) is 59.7 Å². The van der Waals surface area contributed by atoms with E-state index in [0.717, 1.165) is 30.0 Å². The number of anilines is 2. The zero-order chi connectivity index (χ0) is 16.5. The number of rotatable bonds is 8. The molecular weight excluding hydrogens is 286 g/mol. The van der Waals surface area contributed by atoms with Gasteiger partial charge in [0.25, 0.3) is 0 Å². The molecule has 0 fully saturated rings. The summed E-state index contributed by atoms with van der Waals surface area (Å²) in [6, 6.07) is 18.7. The highest BCUT2D eigenvalue weighted by Crippen LogP contribution is 2.16. The average Bonchev–Trinajstić information content (AvgIpc) is 2.60. The molecule has 0 amide bonds. The molecule has 0 saturated heterocycles. The molecule has 4 heteroatoms. The largest absolute Gasteiger partial charge is 0.396 e. The molecule has 2 rings (SSSR count). The minimum absolute atomic E-state index is 0.182. The zero-order valence-electron chi connectivity index (χ0n) is 13.5. The number of nitrogens with one attached hydrogen (secondary N) is 1. The Morgan fingerprint density at radius 3 is 2.30 bits per heavy atom. The molecule has 0 radical (unpaired) electrons. The maximum atomic E-state index is 8.92. The molecule has 2 N–H and O–H groups in total.